The summed E-state index contributed by atoms with van der Waals surface area (Å²) >= 11 is 1.13. The molecule has 1 aliphatic rings. The van der Waals surface area contributed by atoms with E-state index in [-0.39, 0.29) is 34.7 Å². The number of epoxide rings is 1. The van der Waals surface area contributed by atoms with Crippen molar-refractivity contribution >= 4 is 38.8 Å². The van der Waals surface area contributed by atoms with Crippen LogP contribution in [0.25, 0.3) is 33.1 Å². The number of anilines is 2. The molecule has 0 radical (unpaired) electrons. The Morgan fingerprint density at radius 2 is 2.12 bits per heavy atom. The Bertz CT molecular complexity index is 1360. The van der Waals surface area contributed by atoms with Gasteiger partial charge in [-0.2, -0.15) is 0 Å². The first-order valence-corrected chi connectivity index (χ1v) is 11.6. The fraction of sp³-hybridized carbons (Fsp3) is 0.292. The molecule has 0 saturated carbocycles. The van der Waals surface area contributed by atoms with Crippen LogP contribution < -0.4 is 16.8 Å². The largest absolute Gasteiger partial charge is 0.461 e. The van der Waals surface area contributed by atoms with Gasteiger partial charge >= 0.3 is 0 Å². The van der Waals surface area contributed by atoms with E-state index in [9.17, 15) is 9.90 Å². The summed E-state index contributed by atoms with van der Waals surface area (Å²) in [6.07, 6.45) is 1.58. The standard InChI is InChI=1S/C24H25N5O4S/c1-24(2,11-30)20(15-10-33-15)27-13-6-3-5-12(9-13)18-16-17(25)19(21(26)31)34-23(16)29-22(28-18)14-7-4-8-32-14/h3-9,15,20,27,30H,10-11,25H2,1-2H3,(H2,26,31). The number of nitrogens with zero attached hydrogens (tertiary/aromatic N) is 2. The lowest BCUT2D eigenvalue weighted by Gasteiger charge is -2.33. The van der Waals surface area contributed by atoms with Crippen LogP contribution in [0.4, 0.5) is 11.4 Å². The van der Waals surface area contributed by atoms with Crippen LogP contribution in [0.1, 0.15) is 23.5 Å². The van der Waals surface area contributed by atoms with Crippen LogP contribution in [-0.4, -0.2) is 46.3 Å². The van der Waals surface area contributed by atoms with Crippen molar-refractivity contribution in [1.29, 1.82) is 0 Å². The highest BCUT2D eigenvalue weighted by Gasteiger charge is 2.42. The Balaban J connectivity index is 1.63. The zero-order chi connectivity index (χ0) is 24.0. The molecule has 5 rings (SSSR count). The van der Waals surface area contributed by atoms with Gasteiger partial charge < -0.3 is 31.0 Å². The number of primary amides is 1. The third-order valence-corrected chi connectivity index (χ3v) is 7.11. The van der Waals surface area contributed by atoms with E-state index in [2.05, 4.69) is 10.3 Å². The van der Waals surface area contributed by atoms with Crippen LogP contribution in [0.5, 0.6) is 0 Å². The minimum Gasteiger partial charge on any atom is -0.461 e. The van der Waals surface area contributed by atoms with Crippen molar-refractivity contribution < 1.29 is 19.1 Å². The molecule has 4 aromatic rings. The molecule has 9 nitrogen and oxygen atoms in total. The van der Waals surface area contributed by atoms with Gasteiger partial charge in [0.25, 0.3) is 5.91 Å². The number of aromatic nitrogens is 2. The Hall–Kier alpha value is -3.47. The van der Waals surface area contributed by atoms with Crippen LogP contribution in [-0.2, 0) is 4.74 Å². The van der Waals surface area contributed by atoms with Crippen molar-refractivity contribution in [3.63, 3.8) is 0 Å². The third kappa shape index (κ3) is 4.00. The van der Waals surface area contributed by atoms with E-state index in [0.29, 0.717) is 34.1 Å². The molecule has 0 aliphatic carbocycles. The lowest BCUT2D eigenvalue weighted by Crippen LogP contribution is -2.43. The van der Waals surface area contributed by atoms with E-state index in [4.69, 9.17) is 25.6 Å². The van der Waals surface area contributed by atoms with E-state index in [1.54, 1.807) is 18.4 Å². The number of aliphatic hydroxyl groups is 1. The number of thiophene rings is 1. The Morgan fingerprint density at radius 3 is 2.76 bits per heavy atom. The summed E-state index contributed by atoms with van der Waals surface area (Å²) < 4.78 is 11.0. The molecule has 1 aliphatic heterocycles. The number of hydrogen-bond donors (Lipinski definition) is 4. The second-order valence-corrected chi connectivity index (χ2v) is 9.98. The number of amides is 1. The minimum atomic E-state index is -0.611. The summed E-state index contributed by atoms with van der Waals surface area (Å²) in [6.45, 7) is 4.67. The first-order valence-electron chi connectivity index (χ1n) is 10.8. The normalized spacial score (nSPS) is 16.5. The number of ether oxygens (including phenoxy) is 1. The van der Waals surface area contributed by atoms with Gasteiger partial charge in [-0.3, -0.25) is 4.79 Å². The average molecular weight is 480 g/mol. The van der Waals surface area contributed by atoms with Crippen LogP contribution in [0.2, 0.25) is 0 Å². The summed E-state index contributed by atoms with van der Waals surface area (Å²) in [5, 5.41) is 14.0. The lowest BCUT2D eigenvalue weighted by molar-refractivity contribution is 0.100. The highest BCUT2D eigenvalue weighted by molar-refractivity contribution is 7.21. The molecule has 1 aromatic carbocycles. The molecule has 2 unspecified atom stereocenters. The second kappa shape index (κ2) is 8.39. The maximum absolute atomic E-state index is 12.0. The maximum Gasteiger partial charge on any atom is 0.260 e. The van der Waals surface area contributed by atoms with Gasteiger partial charge in [0.2, 0.25) is 0 Å². The minimum absolute atomic E-state index is 0.0184. The van der Waals surface area contributed by atoms with Crippen molar-refractivity contribution in [2.45, 2.75) is 26.0 Å². The molecule has 34 heavy (non-hydrogen) atoms. The molecule has 10 heteroatoms. The first-order chi connectivity index (χ1) is 16.3. The van der Waals surface area contributed by atoms with E-state index < -0.39 is 5.91 Å². The molecule has 4 heterocycles. The SMILES string of the molecule is CC(C)(CO)C(Nc1cccc(-c2nc(-c3ccco3)nc3sc(C(N)=O)c(N)c23)c1)C1CO1. The topological polar surface area (TPSA) is 153 Å². The van der Waals surface area contributed by atoms with Gasteiger partial charge in [-0.15, -0.1) is 11.3 Å². The third-order valence-electron chi connectivity index (χ3n) is 5.99. The number of benzene rings is 1. The molecule has 176 valence electrons. The molecular formula is C24H25N5O4S. The molecule has 1 amide bonds. The first kappa shape index (κ1) is 22.3. The number of carbonyl (C=O) groups is 1. The van der Waals surface area contributed by atoms with E-state index in [1.165, 1.54) is 0 Å². The lowest BCUT2D eigenvalue weighted by atomic mass is 9.83. The van der Waals surface area contributed by atoms with Crippen LogP contribution in [0.15, 0.2) is 47.1 Å². The number of carbonyl (C=O) groups excluding carboxylic acids is 1. The Labute approximate surface area is 199 Å². The Kier molecular flexibility index (Phi) is 5.51. The summed E-state index contributed by atoms with van der Waals surface area (Å²) in [5.41, 5.74) is 14.0. The fourth-order valence-corrected chi connectivity index (χ4v) is 4.95. The van der Waals surface area contributed by atoms with Gasteiger partial charge in [0.1, 0.15) is 15.8 Å². The molecule has 1 saturated heterocycles. The fourth-order valence-electron chi connectivity index (χ4n) is 4.00. The predicted octanol–water partition coefficient (Wildman–Crippen LogP) is 3.50. The van der Waals surface area contributed by atoms with Gasteiger partial charge in [0, 0.05) is 16.7 Å². The number of nitrogens with one attached hydrogen (secondary N) is 1. The molecule has 6 N–H and O–H groups in total. The summed E-state index contributed by atoms with van der Waals surface area (Å²) in [6, 6.07) is 11.2. The molecular weight excluding hydrogens is 454 g/mol. The molecule has 0 bridgehead atoms. The summed E-state index contributed by atoms with van der Waals surface area (Å²) in [5.74, 6) is 0.273. The van der Waals surface area contributed by atoms with E-state index >= 15 is 0 Å². The molecule has 0 spiro atoms. The number of aliphatic hydroxyl groups excluding tert-OH is 1. The summed E-state index contributed by atoms with van der Waals surface area (Å²) in [4.78, 5) is 22.1. The number of rotatable bonds is 8. The van der Waals surface area contributed by atoms with Crippen molar-refractivity contribution in [3.05, 3.63) is 47.5 Å². The number of furan rings is 1. The maximum atomic E-state index is 12.0. The van der Waals surface area contributed by atoms with Crippen LogP contribution in [0.3, 0.4) is 0 Å². The Morgan fingerprint density at radius 1 is 1.32 bits per heavy atom. The number of nitrogens with two attached hydrogens (primary N) is 2. The van der Waals surface area contributed by atoms with Gasteiger partial charge in [0.15, 0.2) is 11.6 Å². The molecule has 2 atom stereocenters. The smallest absolute Gasteiger partial charge is 0.260 e. The van der Waals surface area contributed by atoms with Crippen molar-refractivity contribution in [3.8, 4) is 22.8 Å². The van der Waals surface area contributed by atoms with Gasteiger partial charge in [-0.1, -0.05) is 26.0 Å². The highest BCUT2D eigenvalue weighted by Crippen LogP contribution is 2.40. The van der Waals surface area contributed by atoms with Gasteiger partial charge in [0.05, 0.1) is 42.3 Å². The highest BCUT2D eigenvalue weighted by atomic mass is 32.1. The summed E-state index contributed by atoms with van der Waals surface area (Å²) in [7, 11) is 0. The predicted molar refractivity (Wildman–Crippen MR) is 132 cm³/mol. The van der Waals surface area contributed by atoms with Crippen LogP contribution in [0, 0.1) is 5.41 Å². The van der Waals surface area contributed by atoms with Crippen molar-refractivity contribution in [2.75, 3.05) is 24.3 Å². The number of hydrogen-bond acceptors (Lipinski definition) is 9. The van der Waals surface area contributed by atoms with Gasteiger partial charge in [-0.25, -0.2) is 9.97 Å². The monoisotopic (exact) mass is 479 g/mol. The number of fused-ring (bicyclic) bond motifs is 1. The van der Waals surface area contributed by atoms with Crippen molar-refractivity contribution in [2.24, 2.45) is 11.1 Å². The second-order valence-electron chi connectivity index (χ2n) is 8.98. The van der Waals surface area contributed by atoms with Crippen LogP contribution >= 0.6 is 11.3 Å². The average Bonchev–Trinajstić information content (AvgIpc) is 3.38. The molecule has 3 aromatic heterocycles. The van der Waals surface area contributed by atoms with Crippen molar-refractivity contribution in [1.82, 2.24) is 9.97 Å². The van der Waals surface area contributed by atoms with E-state index in [1.807, 2.05) is 38.1 Å². The van der Waals surface area contributed by atoms with E-state index in [0.717, 1.165) is 22.6 Å². The number of nitrogen functional groups attached to an aromatic ring is 1. The zero-order valence-electron chi connectivity index (χ0n) is 18.7. The quantitative estimate of drug-likeness (QED) is 0.280. The zero-order valence-corrected chi connectivity index (χ0v) is 19.6. The van der Waals surface area contributed by atoms with Gasteiger partial charge in [-0.05, 0) is 24.3 Å². The molecule has 1 fully saturated rings.